The molecule has 2 aromatic heterocycles. The molecule has 1 amide bonds. The van der Waals surface area contributed by atoms with Gasteiger partial charge < -0.3 is 10.1 Å². The molecule has 0 fully saturated rings. The summed E-state index contributed by atoms with van der Waals surface area (Å²) in [7, 11) is 1.67. The van der Waals surface area contributed by atoms with Crippen LogP contribution in [0.15, 0.2) is 35.1 Å². The van der Waals surface area contributed by atoms with Crippen LogP contribution in [0.1, 0.15) is 29.1 Å². The van der Waals surface area contributed by atoms with E-state index in [2.05, 4.69) is 5.32 Å². The van der Waals surface area contributed by atoms with E-state index < -0.39 is 5.97 Å². The second-order valence-corrected chi connectivity index (χ2v) is 7.13. The van der Waals surface area contributed by atoms with Gasteiger partial charge in [0.05, 0.1) is 23.2 Å². The van der Waals surface area contributed by atoms with Gasteiger partial charge in [0, 0.05) is 11.9 Å². The molecular weight excluding hydrogens is 366 g/mol. The average Bonchev–Trinajstić information content (AvgIpc) is 3.17. The number of aromatic nitrogens is 2. The molecule has 1 aromatic carbocycles. The van der Waals surface area contributed by atoms with Crippen LogP contribution >= 0.6 is 11.3 Å². The normalized spacial score (nSPS) is 10.9. The molecule has 27 heavy (non-hydrogen) atoms. The topological polar surface area (TPSA) is 82.3 Å². The number of carbonyl (C=O) groups excluding carboxylic acids is 2. The summed E-state index contributed by atoms with van der Waals surface area (Å²) in [6, 6.07) is 9.03. The highest BCUT2D eigenvalue weighted by Gasteiger charge is 2.20. The van der Waals surface area contributed by atoms with Crippen LogP contribution in [0.25, 0.3) is 11.0 Å². The van der Waals surface area contributed by atoms with Crippen molar-refractivity contribution in [3.05, 3.63) is 51.3 Å². The maximum absolute atomic E-state index is 12.6. The van der Waals surface area contributed by atoms with Gasteiger partial charge in [0.2, 0.25) is 5.91 Å². The van der Waals surface area contributed by atoms with Gasteiger partial charge in [-0.2, -0.15) is 0 Å². The summed E-state index contributed by atoms with van der Waals surface area (Å²) in [5, 5.41) is 3.21. The lowest BCUT2D eigenvalue weighted by atomic mass is 10.2. The molecule has 0 saturated heterocycles. The fourth-order valence-electron chi connectivity index (χ4n) is 2.90. The second-order valence-electron chi connectivity index (χ2n) is 5.99. The minimum absolute atomic E-state index is 0.137. The SMILES string of the molecule is CCOC(=O)c1cc(CC)sc1NC(=O)Cn1c(=O)n(C)c2ccccc21. The Morgan fingerprint density at radius 3 is 2.56 bits per heavy atom. The zero-order valence-corrected chi connectivity index (χ0v) is 16.3. The Bertz CT molecular complexity index is 1060. The van der Waals surface area contributed by atoms with E-state index >= 15 is 0 Å². The number of nitrogens with one attached hydrogen (secondary N) is 1. The van der Waals surface area contributed by atoms with E-state index in [-0.39, 0.29) is 24.7 Å². The lowest BCUT2D eigenvalue weighted by Crippen LogP contribution is -2.28. The maximum atomic E-state index is 12.6. The number of hydrogen-bond acceptors (Lipinski definition) is 5. The van der Waals surface area contributed by atoms with E-state index in [1.165, 1.54) is 20.5 Å². The van der Waals surface area contributed by atoms with Gasteiger partial charge in [-0.3, -0.25) is 13.9 Å². The quantitative estimate of drug-likeness (QED) is 0.660. The summed E-state index contributed by atoms with van der Waals surface area (Å²) in [5.41, 5.74) is 1.52. The smallest absolute Gasteiger partial charge is 0.341 e. The summed E-state index contributed by atoms with van der Waals surface area (Å²) >= 11 is 1.34. The molecule has 0 aliphatic carbocycles. The number of nitrogens with zero attached hydrogens (tertiary/aromatic N) is 2. The number of fused-ring (bicyclic) bond motifs is 1. The Labute approximate surface area is 160 Å². The molecular formula is C19H21N3O4S. The maximum Gasteiger partial charge on any atom is 0.341 e. The predicted molar refractivity (Wildman–Crippen MR) is 105 cm³/mol. The number of amides is 1. The molecule has 142 valence electrons. The third-order valence-corrected chi connectivity index (χ3v) is 5.43. The van der Waals surface area contributed by atoms with Gasteiger partial charge in [-0.05, 0) is 31.5 Å². The monoisotopic (exact) mass is 387 g/mol. The number of aryl methyl sites for hydroxylation is 2. The molecule has 0 unspecified atom stereocenters. The third kappa shape index (κ3) is 3.66. The molecule has 0 atom stereocenters. The van der Waals surface area contributed by atoms with Gasteiger partial charge in [-0.1, -0.05) is 19.1 Å². The molecule has 3 aromatic rings. The average molecular weight is 387 g/mol. The minimum atomic E-state index is -0.467. The summed E-state index contributed by atoms with van der Waals surface area (Å²) < 4.78 is 7.99. The molecule has 2 heterocycles. The molecule has 7 nitrogen and oxygen atoms in total. The summed E-state index contributed by atoms with van der Waals surface area (Å²) in [5.74, 6) is -0.838. The van der Waals surface area contributed by atoms with E-state index in [1.54, 1.807) is 26.1 Å². The van der Waals surface area contributed by atoms with Crippen LogP contribution in [0.5, 0.6) is 0 Å². The summed E-state index contributed by atoms with van der Waals surface area (Å²) in [4.78, 5) is 38.2. The van der Waals surface area contributed by atoms with Gasteiger partial charge in [0.1, 0.15) is 11.5 Å². The number of thiophene rings is 1. The van der Waals surface area contributed by atoms with Crippen LogP contribution < -0.4 is 11.0 Å². The fraction of sp³-hybridized carbons (Fsp3) is 0.316. The van der Waals surface area contributed by atoms with Gasteiger partial charge in [-0.25, -0.2) is 9.59 Å². The lowest BCUT2D eigenvalue weighted by Gasteiger charge is -2.07. The molecule has 0 aliphatic rings. The van der Waals surface area contributed by atoms with Crippen molar-refractivity contribution in [2.75, 3.05) is 11.9 Å². The molecule has 0 aliphatic heterocycles. The van der Waals surface area contributed by atoms with Crippen molar-refractivity contribution in [3.63, 3.8) is 0 Å². The zero-order chi connectivity index (χ0) is 19.6. The van der Waals surface area contributed by atoms with Crippen LogP contribution in [0, 0.1) is 0 Å². The summed E-state index contributed by atoms with van der Waals surface area (Å²) in [6.45, 7) is 3.83. The molecule has 0 radical (unpaired) electrons. The highest BCUT2D eigenvalue weighted by molar-refractivity contribution is 7.16. The number of para-hydroxylation sites is 2. The van der Waals surface area contributed by atoms with Gasteiger partial charge in [-0.15, -0.1) is 11.3 Å². The molecule has 0 bridgehead atoms. The van der Waals surface area contributed by atoms with E-state index in [0.717, 1.165) is 16.8 Å². The first-order valence-corrected chi connectivity index (χ1v) is 9.51. The van der Waals surface area contributed by atoms with Crippen LogP contribution in [0.2, 0.25) is 0 Å². The number of imidazole rings is 1. The van der Waals surface area contributed by atoms with Crippen LogP contribution in [-0.4, -0.2) is 27.6 Å². The van der Waals surface area contributed by atoms with Crippen molar-refractivity contribution in [1.29, 1.82) is 0 Å². The Kier molecular flexibility index (Phi) is 5.46. The molecule has 1 N–H and O–H groups in total. The first-order valence-electron chi connectivity index (χ1n) is 8.70. The number of carbonyl (C=O) groups is 2. The van der Waals surface area contributed by atoms with Crippen LogP contribution in [0.3, 0.4) is 0 Å². The Balaban J connectivity index is 1.87. The Morgan fingerprint density at radius 1 is 1.19 bits per heavy atom. The third-order valence-electron chi connectivity index (χ3n) is 4.23. The predicted octanol–water partition coefficient (Wildman–Crippen LogP) is 2.78. The first kappa shape index (κ1) is 18.9. The van der Waals surface area contributed by atoms with Crippen molar-refractivity contribution in [2.45, 2.75) is 26.8 Å². The Morgan fingerprint density at radius 2 is 1.89 bits per heavy atom. The van der Waals surface area contributed by atoms with Gasteiger partial charge >= 0.3 is 11.7 Å². The highest BCUT2D eigenvalue weighted by Crippen LogP contribution is 2.29. The standard InChI is InChI=1S/C19H21N3O4S/c1-4-12-10-13(18(24)26-5-2)17(27-12)20-16(23)11-22-15-9-7-6-8-14(15)21(3)19(22)25/h6-10H,4-5,11H2,1-3H3,(H,20,23). The second kappa shape index (κ2) is 7.79. The van der Waals surface area contributed by atoms with Gasteiger partial charge in [0.25, 0.3) is 0 Å². The number of ether oxygens (including phenoxy) is 1. The van der Waals surface area contributed by atoms with E-state index in [1.807, 2.05) is 25.1 Å². The molecule has 0 spiro atoms. The number of anilines is 1. The number of hydrogen-bond donors (Lipinski definition) is 1. The molecule has 0 saturated carbocycles. The van der Waals surface area contributed by atoms with E-state index in [4.69, 9.17) is 4.74 Å². The zero-order valence-electron chi connectivity index (χ0n) is 15.4. The largest absolute Gasteiger partial charge is 0.462 e. The van der Waals surface area contributed by atoms with E-state index in [9.17, 15) is 14.4 Å². The van der Waals surface area contributed by atoms with Crippen molar-refractivity contribution in [3.8, 4) is 0 Å². The van der Waals surface area contributed by atoms with Crippen molar-refractivity contribution < 1.29 is 14.3 Å². The molecule has 3 rings (SSSR count). The number of rotatable bonds is 6. The van der Waals surface area contributed by atoms with Crippen molar-refractivity contribution in [2.24, 2.45) is 7.05 Å². The minimum Gasteiger partial charge on any atom is -0.462 e. The van der Waals surface area contributed by atoms with Gasteiger partial charge in [0.15, 0.2) is 0 Å². The number of benzene rings is 1. The van der Waals surface area contributed by atoms with E-state index in [0.29, 0.717) is 16.1 Å². The first-order chi connectivity index (χ1) is 13.0. The van der Waals surface area contributed by atoms with Crippen LogP contribution in [0.4, 0.5) is 5.00 Å². The fourth-order valence-corrected chi connectivity index (χ4v) is 3.90. The highest BCUT2D eigenvalue weighted by atomic mass is 32.1. The number of esters is 1. The lowest BCUT2D eigenvalue weighted by molar-refractivity contribution is -0.116. The van der Waals surface area contributed by atoms with Crippen LogP contribution in [-0.2, 0) is 29.5 Å². The molecule has 8 heteroatoms. The van der Waals surface area contributed by atoms with Crippen molar-refractivity contribution in [1.82, 2.24) is 9.13 Å². The Hall–Kier alpha value is -2.87. The summed E-state index contributed by atoms with van der Waals surface area (Å²) in [6.07, 6.45) is 0.746. The van der Waals surface area contributed by atoms with Crippen molar-refractivity contribution >= 4 is 39.2 Å².